The third-order valence-corrected chi connectivity index (χ3v) is 2.70. The maximum atomic E-state index is 5.69. The van der Waals surface area contributed by atoms with Gasteiger partial charge in [-0.05, 0) is 24.7 Å². The average Bonchev–Trinajstić information content (AvgIpc) is 2.53. The number of rotatable bonds is 1. The van der Waals surface area contributed by atoms with Crippen LogP contribution in [0.15, 0.2) is 4.52 Å². The third-order valence-electron chi connectivity index (χ3n) is 2.70. The van der Waals surface area contributed by atoms with Crippen LogP contribution in [0.1, 0.15) is 37.4 Å². The highest BCUT2D eigenvalue weighted by molar-refractivity contribution is 5.45. The van der Waals surface area contributed by atoms with E-state index in [9.17, 15) is 0 Å². The topological polar surface area (TPSA) is 52.0 Å². The van der Waals surface area contributed by atoms with E-state index in [0.29, 0.717) is 17.7 Å². The van der Waals surface area contributed by atoms with Crippen LogP contribution in [0.3, 0.4) is 0 Å². The van der Waals surface area contributed by atoms with Crippen molar-refractivity contribution in [2.45, 2.75) is 32.6 Å². The number of hydrogen-bond donors (Lipinski definition) is 1. The van der Waals surface area contributed by atoms with E-state index in [1.54, 1.807) is 0 Å². The monoisotopic (exact) mass is 166 g/mol. The van der Waals surface area contributed by atoms with Crippen molar-refractivity contribution >= 4 is 5.88 Å². The fourth-order valence-corrected chi connectivity index (χ4v) is 2.03. The van der Waals surface area contributed by atoms with Crippen LogP contribution in [-0.4, -0.2) is 5.16 Å². The van der Waals surface area contributed by atoms with Gasteiger partial charge in [0.2, 0.25) is 5.88 Å². The lowest BCUT2D eigenvalue weighted by molar-refractivity contribution is 0.413. The Hall–Kier alpha value is -0.990. The van der Waals surface area contributed by atoms with Gasteiger partial charge >= 0.3 is 0 Å². The van der Waals surface area contributed by atoms with Gasteiger partial charge in [0.25, 0.3) is 0 Å². The summed E-state index contributed by atoms with van der Waals surface area (Å²) in [5, 5.41) is 3.93. The quantitative estimate of drug-likeness (QED) is 0.693. The van der Waals surface area contributed by atoms with Crippen molar-refractivity contribution in [3.8, 4) is 0 Å². The number of hydrogen-bond acceptors (Lipinski definition) is 3. The molecule has 1 heterocycles. The Morgan fingerprint density at radius 2 is 2.33 bits per heavy atom. The van der Waals surface area contributed by atoms with Crippen molar-refractivity contribution < 1.29 is 4.52 Å². The standard InChI is InChI=1S/C9H14N2O/c1-5(2)6-3-4-7-8(6)9(10)12-11-7/h5-6H,3-4,10H2,1-2H3. The van der Waals surface area contributed by atoms with E-state index in [4.69, 9.17) is 10.3 Å². The van der Waals surface area contributed by atoms with Crippen molar-refractivity contribution in [3.63, 3.8) is 0 Å². The molecule has 0 fully saturated rings. The van der Waals surface area contributed by atoms with Gasteiger partial charge < -0.3 is 10.3 Å². The molecule has 0 spiro atoms. The molecule has 2 N–H and O–H groups in total. The van der Waals surface area contributed by atoms with Crippen LogP contribution in [-0.2, 0) is 6.42 Å². The molecular weight excluding hydrogens is 152 g/mol. The molecular formula is C9H14N2O. The van der Waals surface area contributed by atoms with Crippen molar-refractivity contribution in [1.82, 2.24) is 5.16 Å². The molecule has 1 aliphatic rings. The fourth-order valence-electron chi connectivity index (χ4n) is 2.03. The summed E-state index contributed by atoms with van der Waals surface area (Å²) in [7, 11) is 0. The minimum Gasteiger partial charge on any atom is -0.367 e. The summed E-state index contributed by atoms with van der Waals surface area (Å²) in [6.07, 6.45) is 2.20. The normalized spacial score (nSPS) is 21.8. The number of nitrogens with zero attached hydrogens (tertiary/aromatic N) is 1. The van der Waals surface area contributed by atoms with Gasteiger partial charge in [0.05, 0.1) is 5.69 Å². The highest BCUT2D eigenvalue weighted by Gasteiger charge is 2.31. The van der Waals surface area contributed by atoms with Crippen LogP contribution in [0.5, 0.6) is 0 Å². The van der Waals surface area contributed by atoms with Gasteiger partial charge in [-0.2, -0.15) is 0 Å². The van der Waals surface area contributed by atoms with Gasteiger partial charge in [-0.25, -0.2) is 0 Å². The Morgan fingerprint density at radius 1 is 1.58 bits per heavy atom. The molecule has 0 radical (unpaired) electrons. The minimum atomic E-state index is 0.529. The van der Waals surface area contributed by atoms with Crippen molar-refractivity contribution in [1.29, 1.82) is 0 Å². The van der Waals surface area contributed by atoms with Crippen molar-refractivity contribution in [2.75, 3.05) is 5.73 Å². The predicted molar refractivity (Wildman–Crippen MR) is 46.8 cm³/mol. The summed E-state index contributed by atoms with van der Waals surface area (Å²) < 4.78 is 4.95. The molecule has 3 nitrogen and oxygen atoms in total. The number of nitrogens with two attached hydrogens (primary N) is 1. The van der Waals surface area contributed by atoms with E-state index in [2.05, 4.69) is 19.0 Å². The first kappa shape index (κ1) is 7.65. The molecule has 2 rings (SSSR count). The molecule has 0 aliphatic heterocycles. The van der Waals surface area contributed by atoms with Crippen LogP contribution in [0.25, 0.3) is 0 Å². The second-order valence-electron chi connectivity index (χ2n) is 3.80. The van der Waals surface area contributed by atoms with Gasteiger partial charge in [0.1, 0.15) is 0 Å². The maximum absolute atomic E-state index is 5.69. The molecule has 0 aromatic carbocycles. The van der Waals surface area contributed by atoms with E-state index < -0.39 is 0 Å². The molecule has 1 atom stereocenters. The van der Waals surface area contributed by atoms with Gasteiger partial charge in [-0.1, -0.05) is 19.0 Å². The molecule has 0 amide bonds. The van der Waals surface area contributed by atoms with E-state index in [0.717, 1.165) is 12.1 Å². The van der Waals surface area contributed by atoms with Gasteiger partial charge in [0.15, 0.2) is 0 Å². The summed E-state index contributed by atoms with van der Waals surface area (Å²) >= 11 is 0. The Labute approximate surface area is 71.9 Å². The molecule has 1 unspecified atom stereocenters. The fraction of sp³-hybridized carbons (Fsp3) is 0.667. The Kier molecular flexibility index (Phi) is 1.60. The molecule has 0 saturated heterocycles. The van der Waals surface area contributed by atoms with Crippen LogP contribution >= 0.6 is 0 Å². The first-order valence-corrected chi connectivity index (χ1v) is 4.44. The van der Waals surface area contributed by atoms with E-state index in [-0.39, 0.29) is 0 Å². The predicted octanol–water partition coefficient (Wildman–Crippen LogP) is 1.94. The van der Waals surface area contributed by atoms with E-state index in [1.165, 1.54) is 12.0 Å². The van der Waals surface area contributed by atoms with Gasteiger partial charge in [0, 0.05) is 5.56 Å². The number of fused-ring (bicyclic) bond motifs is 1. The molecule has 1 aliphatic carbocycles. The van der Waals surface area contributed by atoms with Crippen molar-refractivity contribution in [2.24, 2.45) is 5.92 Å². The lowest BCUT2D eigenvalue weighted by Gasteiger charge is -2.13. The van der Waals surface area contributed by atoms with Crippen LogP contribution < -0.4 is 5.73 Å². The molecule has 1 aromatic rings. The summed E-state index contributed by atoms with van der Waals surface area (Å²) in [6, 6.07) is 0. The zero-order valence-electron chi connectivity index (χ0n) is 7.50. The zero-order chi connectivity index (χ0) is 8.72. The summed E-state index contributed by atoms with van der Waals surface area (Å²) in [5.41, 5.74) is 7.94. The number of aryl methyl sites for hydroxylation is 1. The SMILES string of the molecule is CC(C)C1CCc2noc(N)c21. The van der Waals surface area contributed by atoms with Crippen LogP contribution in [0.4, 0.5) is 5.88 Å². The highest BCUT2D eigenvalue weighted by Crippen LogP contribution is 2.40. The number of anilines is 1. The Bertz CT molecular complexity index is 291. The Balaban J connectivity index is 2.39. The zero-order valence-corrected chi connectivity index (χ0v) is 7.50. The summed E-state index contributed by atoms with van der Waals surface area (Å²) in [4.78, 5) is 0. The maximum Gasteiger partial charge on any atom is 0.225 e. The summed E-state index contributed by atoms with van der Waals surface area (Å²) in [6.45, 7) is 4.43. The van der Waals surface area contributed by atoms with E-state index >= 15 is 0 Å². The lowest BCUT2D eigenvalue weighted by Crippen LogP contribution is -2.03. The first-order chi connectivity index (χ1) is 5.70. The van der Waals surface area contributed by atoms with E-state index in [1.807, 2.05) is 0 Å². The molecule has 3 heteroatoms. The Morgan fingerprint density at radius 3 is 3.00 bits per heavy atom. The average molecular weight is 166 g/mol. The lowest BCUT2D eigenvalue weighted by atomic mass is 9.91. The molecule has 0 bridgehead atoms. The molecule has 12 heavy (non-hydrogen) atoms. The minimum absolute atomic E-state index is 0.529. The molecule has 1 aromatic heterocycles. The van der Waals surface area contributed by atoms with Gasteiger partial charge in [-0.3, -0.25) is 0 Å². The van der Waals surface area contributed by atoms with Crippen molar-refractivity contribution in [3.05, 3.63) is 11.3 Å². The summed E-state index contributed by atoms with van der Waals surface area (Å²) in [5.74, 6) is 1.72. The number of aromatic nitrogens is 1. The third kappa shape index (κ3) is 0.924. The highest BCUT2D eigenvalue weighted by atomic mass is 16.5. The first-order valence-electron chi connectivity index (χ1n) is 4.44. The molecule has 66 valence electrons. The smallest absolute Gasteiger partial charge is 0.225 e. The largest absolute Gasteiger partial charge is 0.367 e. The van der Waals surface area contributed by atoms with Crippen LogP contribution in [0, 0.1) is 5.92 Å². The number of nitrogen functional groups attached to an aromatic ring is 1. The second-order valence-corrected chi connectivity index (χ2v) is 3.80. The van der Waals surface area contributed by atoms with Crippen LogP contribution in [0.2, 0.25) is 0 Å². The second kappa shape index (κ2) is 2.51. The van der Waals surface area contributed by atoms with Gasteiger partial charge in [-0.15, -0.1) is 0 Å². The molecule has 0 saturated carbocycles.